The fraction of sp³-hybridized carbons (Fsp3) is 0.452. The number of nitrogens with zero attached hydrogens (tertiary/aromatic N) is 1. The van der Waals surface area contributed by atoms with Crippen molar-refractivity contribution in [3.8, 4) is 0 Å². The van der Waals surface area contributed by atoms with Crippen LogP contribution in [0.3, 0.4) is 0 Å². The number of hydrogen-bond donors (Lipinski definition) is 6. The molecule has 0 aliphatic carbocycles. The van der Waals surface area contributed by atoms with Gasteiger partial charge >= 0.3 is 0 Å². The lowest BCUT2D eigenvalue weighted by Gasteiger charge is -2.29. The van der Waals surface area contributed by atoms with E-state index < -0.39 is 11.9 Å². The van der Waals surface area contributed by atoms with Gasteiger partial charge in [-0.25, -0.2) is 0 Å². The summed E-state index contributed by atoms with van der Waals surface area (Å²) in [4.78, 5) is 64.1. The van der Waals surface area contributed by atoms with Gasteiger partial charge < -0.3 is 46.1 Å². The summed E-state index contributed by atoms with van der Waals surface area (Å²) in [5, 5.41) is 14.1. The van der Waals surface area contributed by atoms with Gasteiger partial charge in [-0.2, -0.15) is 0 Å². The predicted molar refractivity (Wildman–Crippen MR) is 167 cm³/mol. The van der Waals surface area contributed by atoms with Gasteiger partial charge in [-0.3, -0.25) is 29.3 Å². The number of carbonyl (C=O) groups is 5. The number of nitrogens with one attached hydrogen (secondary N) is 5. The Bertz CT molecular complexity index is 1370. The largest absolute Gasteiger partial charge is 0.377 e. The van der Waals surface area contributed by atoms with Crippen LogP contribution in [0.25, 0.3) is 0 Å². The van der Waals surface area contributed by atoms with Gasteiger partial charge in [0.25, 0.3) is 5.91 Å². The van der Waals surface area contributed by atoms with Crippen LogP contribution in [0.5, 0.6) is 0 Å². The molecule has 1 fully saturated rings. The van der Waals surface area contributed by atoms with Crippen molar-refractivity contribution in [2.24, 2.45) is 5.73 Å². The van der Waals surface area contributed by atoms with Crippen molar-refractivity contribution in [2.45, 2.75) is 32.0 Å². The molecule has 248 valence electrons. The third-order valence-corrected chi connectivity index (χ3v) is 7.30. The van der Waals surface area contributed by atoms with Crippen LogP contribution in [0.15, 0.2) is 42.5 Å². The van der Waals surface area contributed by atoms with Crippen LogP contribution < -0.4 is 32.3 Å². The molecule has 15 heteroatoms. The standard InChI is InChI=1S/C31H41N7O8/c32-20-46-13-12-45-11-10-44-9-8-33-28(40)17-34-24-14-22-19-38(26-6-7-27(39)37-30(26)42)31(43)23(22)15-25(24)35-18-29(41)36-16-21-4-2-1-3-5-21/h1-5,14-15,26,34-35H,6-13,16-20,32H2,(H,33,40)(H,36,41)(H,37,39,42). The van der Waals surface area contributed by atoms with Crippen molar-refractivity contribution in [3.63, 3.8) is 0 Å². The topological polar surface area (TPSA) is 202 Å². The maximum absolute atomic E-state index is 13.4. The Kier molecular flexibility index (Phi) is 13.3. The summed E-state index contributed by atoms with van der Waals surface area (Å²) in [6.07, 6.45) is 0.385. The van der Waals surface area contributed by atoms with Gasteiger partial charge in [0.1, 0.15) is 6.04 Å². The summed E-state index contributed by atoms with van der Waals surface area (Å²) in [5.41, 5.74) is 8.17. The highest BCUT2D eigenvalue weighted by Gasteiger charge is 2.39. The average Bonchev–Trinajstić information content (AvgIpc) is 3.37. The molecule has 0 saturated carbocycles. The summed E-state index contributed by atoms with van der Waals surface area (Å²) in [6, 6.07) is 12.1. The van der Waals surface area contributed by atoms with E-state index in [0.29, 0.717) is 68.6 Å². The first-order valence-electron chi connectivity index (χ1n) is 15.2. The smallest absolute Gasteiger partial charge is 0.255 e. The molecule has 7 N–H and O–H groups in total. The van der Waals surface area contributed by atoms with E-state index in [9.17, 15) is 24.0 Å². The lowest BCUT2D eigenvalue weighted by atomic mass is 10.0. The molecule has 1 unspecified atom stereocenters. The average molecular weight is 640 g/mol. The summed E-state index contributed by atoms with van der Waals surface area (Å²) >= 11 is 0. The molecule has 2 aromatic rings. The quantitative estimate of drug-likeness (QED) is 0.0668. The third-order valence-electron chi connectivity index (χ3n) is 7.30. The first kappa shape index (κ1) is 34.3. The van der Waals surface area contributed by atoms with E-state index in [1.54, 1.807) is 12.1 Å². The molecule has 2 aliphatic rings. The number of piperidine rings is 1. The van der Waals surface area contributed by atoms with Gasteiger partial charge in [0.05, 0.1) is 64.2 Å². The molecule has 4 rings (SSSR count). The molecule has 2 aliphatic heterocycles. The molecular weight excluding hydrogens is 598 g/mol. The monoisotopic (exact) mass is 639 g/mol. The molecule has 0 bridgehead atoms. The molecule has 2 heterocycles. The van der Waals surface area contributed by atoms with Crippen molar-refractivity contribution in [1.82, 2.24) is 20.9 Å². The molecule has 2 aromatic carbocycles. The summed E-state index contributed by atoms with van der Waals surface area (Å²) in [5.74, 6) is -1.77. The molecule has 15 nitrogen and oxygen atoms in total. The van der Waals surface area contributed by atoms with E-state index in [-0.39, 0.29) is 62.8 Å². The molecule has 0 radical (unpaired) electrons. The van der Waals surface area contributed by atoms with Gasteiger partial charge in [0, 0.05) is 31.6 Å². The third kappa shape index (κ3) is 10.2. The van der Waals surface area contributed by atoms with Crippen molar-refractivity contribution in [1.29, 1.82) is 0 Å². The first-order chi connectivity index (χ1) is 22.4. The molecule has 5 amide bonds. The minimum absolute atomic E-state index is 0.0806. The van der Waals surface area contributed by atoms with Gasteiger partial charge in [0.15, 0.2) is 0 Å². The second-order valence-corrected chi connectivity index (χ2v) is 10.6. The van der Waals surface area contributed by atoms with Crippen LogP contribution >= 0.6 is 0 Å². The van der Waals surface area contributed by atoms with Crippen molar-refractivity contribution >= 4 is 40.9 Å². The van der Waals surface area contributed by atoms with Crippen LogP contribution in [-0.4, -0.2) is 99.9 Å². The SMILES string of the molecule is NCOCCOCCOCCNC(=O)CNc1cc2c(cc1NCC(=O)NCc1ccccc1)C(=O)N(C1CCC(=O)NC1=O)C2. The molecule has 0 spiro atoms. The maximum atomic E-state index is 13.4. The van der Waals surface area contributed by atoms with E-state index in [1.165, 1.54) is 4.90 Å². The van der Waals surface area contributed by atoms with E-state index in [0.717, 1.165) is 5.56 Å². The summed E-state index contributed by atoms with van der Waals surface area (Å²) in [6.45, 7) is 2.70. The summed E-state index contributed by atoms with van der Waals surface area (Å²) in [7, 11) is 0. The molecule has 0 aromatic heterocycles. The number of anilines is 2. The number of amides is 5. The Labute approximate surface area is 266 Å². The number of carbonyl (C=O) groups excluding carboxylic acids is 5. The number of nitrogens with two attached hydrogens (primary N) is 1. The van der Waals surface area contributed by atoms with Crippen molar-refractivity contribution in [2.75, 3.05) is 70.0 Å². The normalized spacial score (nSPS) is 15.7. The maximum Gasteiger partial charge on any atom is 0.255 e. The van der Waals surface area contributed by atoms with Crippen LogP contribution in [0.2, 0.25) is 0 Å². The van der Waals surface area contributed by atoms with Gasteiger partial charge in [0.2, 0.25) is 23.6 Å². The second kappa shape index (κ2) is 17.8. The number of fused-ring (bicyclic) bond motifs is 1. The van der Waals surface area contributed by atoms with E-state index in [1.807, 2.05) is 30.3 Å². The number of imide groups is 1. The molecule has 46 heavy (non-hydrogen) atoms. The number of hydrogen-bond acceptors (Lipinski definition) is 11. The Morgan fingerprint density at radius 2 is 1.52 bits per heavy atom. The molecular formula is C31H41N7O8. The van der Waals surface area contributed by atoms with Crippen molar-refractivity contribution < 1.29 is 38.2 Å². The zero-order chi connectivity index (χ0) is 32.7. The Morgan fingerprint density at radius 3 is 2.22 bits per heavy atom. The zero-order valence-electron chi connectivity index (χ0n) is 25.6. The van der Waals surface area contributed by atoms with E-state index in [2.05, 4.69) is 26.6 Å². The number of benzene rings is 2. The molecule has 1 saturated heterocycles. The Balaban J connectivity index is 1.33. The highest BCUT2D eigenvalue weighted by Crippen LogP contribution is 2.34. The number of rotatable bonds is 19. The van der Waals surface area contributed by atoms with E-state index >= 15 is 0 Å². The van der Waals surface area contributed by atoms with Crippen LogP contribution in [0.1, 0.15) is 34.3 Å². The van der Waals surface area contributed by atoms with Gasteiger partial charge in [-0.1, -0.05) is 30.3 Å². The lowest BCUT2D eigenvalue weighted by molar-refractivity contribution is -0.137. The minimum atomic E-state index is -0.765. The van der Waals surface area contributed by atoms with Gasteiger partial charge in [-0.15, -0.1) is 0 Å². The first-order valence-corrected chi connectivity index (χ1v) is 15.2. The van der Waals surface area contributed by atoms with Crippen LogP contribution in [0.4, 0.5) is 11.4 Å². The van der Waals surface area contributed by atoms with Crippen molar-refractivity contribution in [3.05, 3.63) is 59.2 Å². The predicted octanol–water partition coefficient (Wildman–Crippen LogP) is -0.330. The summed E-state index contributed by atoms with van der Waals surface area (Å²) < 4.78 is 15.8. The zero-order valence-corrected chi connectivity index (χ0v) is 25.6. The lowest BCUT2D eigenvalue weighted by Crippen LogP contribution is -2.52. The second-order valence-electron chi connectivity index (χ2n) is 10.6. The fourth-order valence-corrected chi connectivity index (χ4v) is 4.97. The number of ether oxygens (including phenoxy) is 3. The van der Waals surface area contributed by atoms with Crippen LogP contribution in [0, 0.1) is 0 Å². The minimum Gasteiger partial charge on any atom is -0.377 e. The Morgan fingerprint density at radius 1 is 0.870 bits per heavy atom. The highest BCUT2D eigenvalue weighted by atomic mass is 16.5. The Hall–Kier alpha value is -4.57. The van der Waals surface area contributed by atoms with E-state index in [4.69, 9.17) is 19.9 Å². The molecule has 1 atom stereocenters. The van der Waals surface area contributed by atoms with Gasteiger partial charge in [-0.05, 0) is 29.7 Å². The van der Waals surface area contributed by atoms with Crippen LogP contribution in [-0.2, 0) is 46.5 Å². The highest BCUT2D eigenvalue weighted by molar-refractivity contribution is 6.06. The fourth-order valence-electron chi connectivity index (χ4n) is 4.97.